The lowest BCUT2D eigenvalue weighted by Gasteiger charge is -2.43. The molecule has 3 unspecified atom stereocenters. The van der Waals surface area contributed by atoms with Crippen molar-refractivity contribution >= 4 is 5.91 Å². The van der Waals surface area contributed by atoms with E-state index in [9.17, 15) is 4.79 Å². The van der Waals surface area contributed by atoms with Gasteiger partial charge in [0.15, 0.2) is 0 Å². The molecule has 1 rings (SSSR count). The van der Waals surface area contributed by atoms with Crippen molar-refractivity contribution in [2.75, 3.05) is 27.3 Å². The van der Waals surface area contributed by atoms with Crippen molar-refractivity contribution in [2.24, 2.45) is 0 Å². The fourth-order valence-corrected chi connectivity index (χ4v) is 1.97. The van der Waals surface area contributed by atoms with E-state index in [-0.39, 0.29) is 18.1 Å². The van der Waals surface area contributed by atoms with Gasteiger partial charge in [0.25, 0.3) is 0 Å². The van der Waals surface area contributed by atoms with E-state index in [1.54, 1.807) is 14.2 Å². The fraction of sp³-hybridized carbons (Fsp3) is 0.909. The van der Waals surface area contributed by atoms with Crippen molar-refractivity contribution in [3.63, 3.8) is 0 Å². The van der Waals surface area contributed by atoms with Gasteiger partial charge in [-0.1, -0.05) is 0 Å². The van der Waals surface area contributed by atoms with Crippen molar-refractivity contribution in [3.8, 4) is 0 Å². The molecule has 16 heavy (non-hydrogen) atoms. The molecule has 0 aliphatic heterocycles. The zero-order chi connectivity index (χ0) is 12.0. The van der Waals surface area contributed by atoms with Crippen LogP contribution in [0.2, 0.25) is 0 Å². The molecule has 0 bridgehead atoms. The van der Waals surface area contributed by atoms with Crippen LogP contribution in [0.15, 0.2) is 0 Å². The molecule has 94 valence electrons. The summed E-state index contributed by atoms with van der Waals surface area (Å²) >= 11 is 0. The zero-order valence-electron chi connectivity index (χ0n) is 10.3. The Hall–Kier alpha value is -0.650. The minimum Gasteiger partial charge on any atom is -0.377 e. The highest BCUT2D eigenvalue weighted by molar-refractivity contribution is 5.75. The van der Waals surface area contributed by atoms with Crippen molar-refractivity contribution in [2.45, 2.75) is 38.0 Å². The van der Waals surface area contributed by atoms with Crippen molar-refractivity contribution < 1.29 is 14.3 Å². The predicted molar refractivity (Wildman–Crippen MR) is 61.3 cm³/mol. The van der Waals surface area contributed by atoms with Crippen LogP contribution in [-0.4, -0.2) is 51.5 Å². The molecule has 0 aromatic heterocycles. The molecule has 0 radical (unpaired) electrons. The molecule has 1 aliphatic carbocycles. The van der Waals surface area contributed by atoms with Crippen LogP contribution in [0.4, 0.5) is 0 Å². The van der Waals surface area contributed by atoms with Gasteiger partial charge in [-0.2, -0.15) is 0 Å². The number of hydrogen-bond acceptors (Lipinski definition) is 4. The van der Waals surface area contributed by atoms with Gasteiger partial charge in [-0.25, -0.2) is 0 Å². The molecule has 0 aromatic rings. The highest BCUT2D eigenvalue weighted by Crippen LogP contribution is 2.26. The van der Waals surface area contributed by atoms with Crippen molar-refractivity contribution in [1.82, 2.24) is 10.6 Å². The molecule has 1 fully saturated rings. The predicted octanol–water partition coefficient (Wildman–Crippen LogP) is -0.0955. The summed E-state index contributed by atoms with van der Waals surface area (Å²) in [4.78, 5) is 11.0. The van der Waals surface area contributed by atoms with E-state index in [1.165, 1.54) is 0 Å². The van der Waals surface area contributed by atoms with Crippen molar-refractivity contribution in [3.05, 3.63) is 0 Å². The first-order chi connectivity index (χ1) is 7.72. The first kappa shape index (κ1) is 13.4. The van der Waals surface area contributed by atoms with Crippen LogP contribution in [0.25, 0.3) is 0 Å². The number of rotatable bonds is 7. The summed E-state index contributed by atoms with van der Waals surface area (Å²) in [6, 6.07) is 0.311. The van der Waals surface area contributed by atoms with E-state index in [1.807, 2.05) is 6.92 Å². The third kappa shape index (κ3) is 3.43. The molecule has 3 atom stereocenters. The Morgan fingerprint density at radius 2 is 2.25 bits per heavy atom. The smallest absolute Gasteiger partial charge is 0.221 e. The van der Waals surface area contributed by atoms with Gasteiger partial charge in [-0.15, -0.1) is 0 Å². The molecule has 1 amide bonds. The lowest BCUT2D eigenvalue weighted by molar-refractivity contribution is -0.132. The molecule has 5 nitrogen and oxygen atoms in total. The quantitative estimate of drug-likeness (QED) is 0.641. The van der Waals surface area contributed by atoms with Crippen LogP contribution in [0.5, 0.6) is 0 Å². The van der Waals surface area contributed by atoms with E-state index < -0.39 is 0 Å². The molecule has 2 N–H and O–H groups in total. The minimum absolute atomic E-state index is 0.0575. The number of carbonyl (C=O) groups is 1. The maximum absolute atomic E-state index is 11.0. The van der Waals surface area contributed by atoms with Gasteiger partial charge < -0.3 is 20.1 Å². The number of nitrogens with one attached hydrogen (secondary N) is 2. The van der Waals surface area contributed by atoms with Crippen LogP contribution in [0.3, 0.4) is 0 Å². The summed E-state index contributed by atoms with van der Waals surface area (Å²) < 4.78 is 10.9. The maximum Gasteiger partial charge on any atom is 0.221 e. The second-order valence-corrected chi connectivity index (χ2v) is 3.91. The van der Waals surface area contributed by atoms with E-state index in [4.69, 9.17) is 9.47 Å². The first-order valence-corrected chi connectivity index (χ1v) is 5.81. The third-order valence-corrected chi connectivity index (χ3v) is 2.94. The largest absolute Gasteiger partial charge is 0.377 e. The van der Waals surface area contributed by atoms with Crippen LogP contribution in [-0.2, 0) is 14.3 Å². The molecule has 1 saturated carbocycles. The van der Waals surface area contributed by atoms with Gasteiger partial charge in [0.05, 0.1) is 12.2 Å². The molecular formula is C11H22N2O3. The second-order valence-electron chi connectivity index (χ2n) is 3.91. The number of amides is 1. The van der Waals surface area contributed by atoms with Crippen LogP contribution >= 0.6 is 0 Å². The molecular weight excluding hydrogens is 208 g/mol. The zero-order valence-corrected chi connectivity index (χ0v) is 10.3. The summed E-state index contributed by atoms with van der Waals surface area (Å²) in [6.45, 7) is 3.39. The normalized spacial score (nSPS) is 28.6. The summed E-state index contributed by atoms with van der Waals surface area (Å²) in [6.07, 6.45) is 1.78. The van der Waals surface area contributed by atoms with Gasteiger partial charge in [-0.3, -0.25) is 4.79 Å². The maximum atomic E-state index is 11.0. The topological polar surface area (TPSA) is 59.6 Å². The lowest BCUT2D eigenvalue weighted by Crippen LogP contribution is -2.60. The summed E-state index contributed by atoms with van der Waals surface area (Å²) in [7, 11) is 3.35. The van der Waals surface area contributed by atoms with E-state index >= 15 is 0 Å². The Bertz CT molecular complexity index is 223. The lowest BCUT2D eigenvalue weighted by atomic mass is 9.85. The number of ether oxygens (including phenoxy) is 2. The Labute approximate surface area is 96.9 Å². The molecule has 0 saturated heterocycles. The van der Waals surface area contributed by atoms with Gasteiger partial charge in [0.1, 0.15) is 0 Å². The van der Waals surface area contributed by atoms with E-state index in [0.717, 1.165) is 13.0 Å². The highest BCUT2D eigenvalue weighted by Gasteiger charge is 2.41. The summed E-state index contributed by atoms with van der Waals surface area (Å²) in [5.74, 6) is 0.0575. The molecule has 0 aromatic carbocycles. The number of methoxy groups -OCH3 is 1. The minimum atomic E-state index is 0.0575. The Kier molecular flexibility index (Phi) is 5.73. The van der Waals surface area contributed by atoms with Gasteiger partial charge in [0.2, 0.25) is 5.91 Å². The van der Waals surface area contributed by atoms with Gasteiger partial charge in [0, 0.05) is 39.8 Å². The molecule has 0 spiro atoms. The summed E-state index contributed by atoms with van der Waals surface area (Å²) in [5.41, 5.74) is 0. The van der Waals surface area contributed by atoms with Crippen molar-refractivity contribution in [1.29, 1.82) is 0 Å². The van der Waals surface area contributed by atoms with E-state index in [2.05, 4.69) is 10.6 Å². The Balaban J connectivity index is 2.17. The average Bonchev–Trinajstić information content (AvgIpc) is 2.26. The monoisotopic (exact) mass is 230 g/mol. The Morgan fingerprint density at radius 1 is 1.50 bits per heavy atom. The molecule has 1 aliphatic rings. The van der Waals surface area contributed by atoms with Gasteiger partial charge >= 0.3 is 0 Å². The fourth-order valence-electron chi connectivity index (χ4n) is 1.97. The average molecular weight is 230 g/mol. The summed E-state index contributed by atoms with van der Waals surface area (Å²) in [5, 5.41) is 5.90. The second kappa shape index (κ2) is 6.83. The number of hydrogen-bond donors (Lipinski definition) is 2. The molecule has 0 heterocycles. The van der Waals surface area contributed by atoms with Crippen LogP contribution in [0, 0.1) is 0 Å². The third-order valence-electron chi connectivity index (χ3n) is 2.94. The standard InChI is InChI=1S/C11H22N2O3/c1-4-16-9-7-8(11(9)15-3)13-6-5-10(14)12-2/h8-9,11,13H,4-7H2,1-3H3,(H,12,14). The van der Waals surface area contributed by atoms with Crippen LogP contribution in [0.1, 0.15) is 19.8 Å². The molecule has 5 heteroatoms. The van der Waals surface area contributed by atoms with Gasteiger partial charge in [-0.05, 0) is 13.3 Å². The number of carbonyl (C=O) groups excluding carboxylic acids is 1. The SMILES string of the molecule is CCOC1CC(NCCC(=O)NC)C1OC. The first-order valence-electron chi connectivity index (χ1n) is 5.81. The Morgan fingerprint density at radius 3 is 2.81 bits per heavy atom. The van der Waals surface area contributed by atoms with Crippen LogP contribution < -0.4 is 10.6 Å². The highest BCUT2D eigenvalue weighted by atomic mass is 16.5. The van der Waals surface area contributed by atoms with E-state index in [0.29, 0.717) is 19.0 Å².